The van der Waals surface area contributed by atoms with Gasteiger partial charge in [0, 0.05) is 61.9 Å². The van der Waals surface area contributed by atoms with Crippen LogP contribution in [0.25, 0.3) is 6.08 Å². The molecule has 0 aliphatic carbocycles. The summed E-state index contributed by atoms with van der Waals surface area (Å²) in [5.74, 6) is 3.16. The maximum Gasteiger partial charge on any atom is 0.246 e. The van der Waals surface area contributed by atoms with Gasteiger partial charge in [-0.25, -0.2) is 4.98 Å². The number of pyridine rings is 1. The summed E-state index contributed by atoms with van der Waals surface area (Å²) in [6, 6.07) is 31.2. The summed E-state index contributed by atoms with van der Waals surface area (Å²) in [6.45, 7) is 9.31. The molecule has 1 aliphatic rings. The number of aromatic nitrogens is 1. The number of piperazine rings is 1. The Hall–Kier alpha value is -5.02. The van der Waals surface area contributed by atoms with Crippen LogP contribution >= 0.6 is 23.2 Å². The number of hydrogen-bond donors (Lipinski definition) is 0. The lowest BCUT2D eigenvalue weighted by molar-refractivity contribution is -0.127. The number of rotatable bonds is 15. The van der Waals surface area contributed by atoms with Crippen LogP contribution in [0.2, 0.25) is 10.0 Å². The van der Waals surface area contributed by atoms with E-state index in [4.69, 9.17) is 42.1 Å². The minimum atomic E-state index is -0.0170. The maximum absolute atomic E-state index is 13.1. The number of hydrogen-bond acceptors (Lipinski definition) is 7. The molecule has 1 amide bonds. The van der Waals surface area contributed by atoms with Crippen LogP contribution in [0.15, 0.2) is 109 Å². The molecule has 1 saturated heterocycles. The van der Waals surface area contributed by atoms with Gasteiger partial charge < -0.3 is 23.8 Å². The number of aryl methyl sites for hydroxylation is 1. The van der Waals surface area contributed by atoms with Gasteiger partial charge in [0.2, 0.25) is 11.8 Å². The first-order valence-electron chi connectivity index (χ1n) is 17.8. The van der Waals surface area contributed by atoms with Crippen LogP contribution in [0, 0.1) is 6.92 Å². The van der Waals surface area contributed by atoms with Crippen molar-refractivity contribution in [3.05, 3.63) is 147 Å². The number of carbonyl (C=O) groups is 1. The standard InChI is InChI=1S/C43H43Cl2N3O5/c1-3-50-36-13-15-37(16-14-36)51-25-20-32-8-10-33(11-9-32)29-47-21-23-48(24-22-47)42(49)19-12-34-26-31(2)43(40(45)27-34)53-41-18-17-38(28-46-41)52-30-35-6-4-5-7-39(35)44/h4-19,26-28H,3,20-25,29-30H2,1-2H3. The summed E-state index contributed by atoms with van der Waals surface area (Å²) in [4.78, 5) is 21.7. The molecule has 0 unspecified atom stereocenters. The maximum atomic E-state index is 13.1. The van der Waals surface area contributed by atoms with Crippen molar-refractivity contribution in [1.29, 1.82) is 0 Å². The average molecular weight is 753 g/mol. The predicted octanol–water partition coefficient (Wildman–Crippen LogP) is 9.45. The highest BCUT2D eigenvalue weighted by atomic mass is 35.5. The number of carbonyl (C=O) groups excluding carboxylic acids is 1. The summed E-state index contributed by atoms with van der Waals surface area (Å²) in [5, 5.41) is 1.08. The first kappa shape index (κ1) is 37.7. The van der Waals surface area contributed by atoms with Gasteiger partial charge in [0.15, 0.2) is 5.75 Å². The van der Waals surface area contributed by atoms with Gasteiger partial charge in [-0.1, -0.05) is 65.7 Å². The molecule has 1 fully saturated rings. The number of amides is 1. The van der Waals surface area contributed by atoms with Crippen molar-refractivity contribution in [3.63, 3.8) is 0 Å². The number of halogens is 2. The van der Waals surface area contributed by atoms with Gasteiger partial charge in [-0.2, -0.15) is 0 Å². The number of benzene rings is 4. The van der Waals surface area contributed by atoms with Gasteiger partial charge in [0.1, 0.15) is 23.9 Å². The summed E-state index contributed by atoms with van der Waals surface area (Å²) >= 11 is 12.8. The molecule has 53 heavy (non-hydrogen) atoms. The van der Waals surface area contributed by atoms with E-state index < -0.39 is 0 Å². The highest BCUT2D eigenvalue weighted by molar-refractivity contribution is 6.32. The molecule has 0 spiro atoms. The Balaban J connectivity index is 0.923. The average Bonchev–Trinajstić information content (AvgIpc) is 3.17. The quantitative estimate of drug-likeness (QED) is 0.0988. The molecule has 5 aromatic rings. The molecule has 0 N–H and O–H groups in total. The van der Waals surface area contributed by atoms with Crippen molar-refractivity contribution >= 4 is 35.2 Å². The molecular weight excluding hydrogens is 709 g/mol. The van der Waals surface area contributed by atoms with E-state index in [1.54, 1.807) is 36.5 Å². The fraction of sp³-hybridized carbons (Fsp3) is 0.256. The summed E-state index contributed by atoms with van der Waals surface area (Å²) in [6.07, 6.45) is 5.84. The fourth-order valence-corrected chi connectivity index (χ4v) is 6.43. The van der Waals surface area contributed by atoms with Crippen LogP contribution in [0.5, 0.6) is 28.9 Å². The SMILES string of the molecule is CCOc1ccc(OCCc2ccc(CN3CCN(C(=O)C=Cc4cc(C)c(Oc5ccc(OCc6ccccc6Cl)cn5)c(Cl)c4)CC3)cc2)cc1. The van der Waals surface area contributed by atoms with Crippen LogP contribution in [0.4, 0.5) is 0 Å². The van der Waals surface area contributed by atoms with Gasteiger partial charge in [-0.3, -0.25) is 9.69 Å². The van der Waals surface area contributed by atoms with Crippen molar-refractivity contribution in [2.24, 2.45) is 0 Å². The Labute approximate surface area is 321 Å². The second-order valence-electron chi connectivity index (χ2n) is 12.7. The molecular formula is C43H43Cl2N3O5. The largest absolute Gasteiger partial charge is 0.494 e. The first-order valence-corrected chi connectivity index (χ1v) is 18.5. The minimum Gasteiger partial charge on any atom is -0.494 e. The molecule has 0 atom stereocenters. The summed E-state index contributed by atoms with van der Waals surface area (Å²) in [7, 11) is 0. The van der Waals surface area contributed by atoms with Crippen molar-refractivity contribution in [2.45, 2.75) is 33.4 Å². The van der Waals surface area contributed by atoms with Gasteiger partial charge in [0.05, 0.1) is 24.4 Å². The second kappa shape index (κ2) is 18.6. The van der Waals surface area contributed by atoms with E-state index in [9.17, 15) is 4.79 Å². The normalized spacial score (nSPS) is 13.2. The molecule has 0 saturated carbocycles. The third-order valence-corrected chi connectivity index (χ3v) is 9.49. The second-order valence-corrected chi connectivity index (χ2v) is 13.5. The Bertz CT molecular complexity index is 1950. The van der Waals surface area contributed by atoms with Crippen LogP contribution in [0.3, 0.4) is 0 Å². The van der Waals surface area contributed by atoms with Gasteiger partial charge in [-0.05, 0) is 90.7 Å². The number of nitrogens with zero attached hydrogens (tertiary/aromatic N) is 3. The van der Waals surface area contributed by atoms with Crippen molar-refractivity contribution in [2.75, 3.05) is 39.4 Å². The third-order valence-electron chi connectivity index (χ3n) is 8.85. The zero-order valence-corrected chi connectivity index (χ0v) is 31.5. The minimum absolute atomic E-state index is 0.0170. The zero-order valence-electron chi connectivity index (χ0n) is 30.0. The molecule has 0 bridgehead atoms. The molecule has 274 valence electrons. The van der Waals surface area contributed by atoms with E-state index in [0.717, 1.165) is 54.2 Å². The summed E-state index contributed by atoms with van der Waals surface area (Å²) in [5.41, 5.74) is 5.02. The Morgan fingerprint density at radius 2 is 1.49 bits per heavy atom. The Morgan fingerprint density at radius 3 is 2.17 bits per heavy atom. The topological polar surface area (TPSA) is 73.4 Å². The van der Waals surface area contributed by atoms with Crippen LogP contribution in [-0.2, 0) is 24.4 Å². The fourth-order valence-electron chi connectivity index (χ4n) is 5.93. The Kier molecular flexibility index (Phi) is 13.3. The third kappa shape index (κ3) is 11.0. The first-order chi connectivity index (χ1) is 25.8. The Morgan fingerprint density at radius 1 is 0.792 bits per heavy atom. The molecule has 1 aliphatic heterocycles. The lowest BCUT2D eigenvalue weighted by atomic mass is 10.1. The van der Waals surface area contributed by atoms with Crippen molar-refractivity contribution in [3.8, 4) is 28.9 Å². The lowest BCUT2D eigenvalue weighted by Crippen LogP contribution is -2.47. The molecule has 4 aromatic carbocycles. The monoisotopic (exact) mass is 751 g/mol. The molecule has 6 rings (SSSR count). The molecule has 2 heterocycles. The molecule has 10 heteroatoms. The highest BCUT2D eigenvalue weighted by Crippen LogP contribution is 2.34. The highest BCUT2D eigenvalue weighted by Gasteiger charge is 2.20. The van der Waals surface area contributed by atoms with E-state index in [0.29, 0.717) is 60.3 Å². The van der Waals surface area contributed by atoms with E-state index in [-0.39, 0.29) is 5.91 Å². The number of ether oxygens (including phenoxy) is 4. The van der Waals surface area contributed by atoms with Crippen molar-refractivity contribution < 1.29 is 23.7 Å². The van der Waals surface area contributed by atoms with Gasteiger partial charge in [-0.15, -0.1) is 0 Å². The van der Waals surface area contributed by atoms with E-state index in [2.05, 4.69) is 34.1 Å². The van der Waals surface area contributed by atoms with E-state index in [1.165, 1.54) is 11.1 Å². The van der Waals surface area contributed by atoms with Crippen molar-refractivity contribution in [1.82, 2.24) is 14.8 Å². The summed E-state index contributed by atoms with van der Waals surface area (Å²) < 4.78 is 23.2. The van der Waals surface area contributed by atoms with Crippen LogP contribution in [-0.4, -0.2) is 60.1 Å². The molecule has 8 nitrogen and oxygen atoms in total. The molecule has 1 aromatic heterocycles. The van der Waals surface area contributed by atoms with E-state index >= 15 is 0 Å². The van der Waals surface area contributed by atoms with E-state index in [1.807, 2.05) is 73.3 Å². The van der Waals surface area contributed by atoms with Gasteiger partial charge in [0.25, 0.3) is 0 Å². The predicted molar refractivity (Wildman–Crippen MR) is 210 cm³/mol. The lowest BCUT2D eigenvalue weighted by Gasteiger charge is -2.34. The van der Waals surface area contributed by atoms with Gasteiger partial charge >= 0.3 is 0 Å². The van der Waals surface area contributed by atoms with Crippen LogP contribution < -0.4 is 18.9 Å². The molecule has 0 radical (unpaired) electrons. The smallest absolute Gasteiger partial charge is 0.246 e. The zero-order chi connectivity index (χ0) is 37.0. The van der Waals surface area contributed by atoms with Crippen LogP contribution in [0.1, 0.15) is 34.7 Å².